The van der Waals surface area contributed by atoms with E-state index in [4.69, 9.17) is 11.6 Å². The van der Waals surface area contributed by atoms with Crippen molar-refractivity contribution in [3.8, 4) is 11.3 Å². The molecule has 0 saturated carbocycles. The Morgan fingerprint density at radius 1 is 0.972 bits per heavy atom. The zero-order valence-corrected chi connectivity index (χ0v) is 20.7. The van der Waals surface area contributed by atoms with Gasteiger partial charge in [0.2, 0.25) is 5.91 Å². The van der Waals surface area contributed by atoms with E-state index in [0.29, 0.717) is 23.8 Å². The molecule has 4 heterocycles. The number of rotatable bonds is 6. The van der Waals surface area contributed by atoms with Crippen LogP contribution in [0.2, 0.25) is 5.02 Å². The highest BCUT2D eigenvalue weighted by Gasteiger charge is 2.23. The molecule has 0 N–H and O–H groups in total. The lowest BCUT2D eigenvalue weighted by atomic mass is 9.90. The summed E-state index contributed by atoms with van der Waals surface area (Å²) in [6.45, 7) is 1.67. The standard InChI is InChI=1S/C28H27ClN6O/c29-23-8-6-22(7-9-23)24-19-25-28-31-30-26(34(28)16-17-35(25)32-24)10-11-27(36)33-14-12-21(13-15-33)18-20-4-2-1-3-5-20/h1-9,16-17,19,21H,10-15,18H2. The number of benzene rings is 2. The van der Waals surface area contributed by atoms with Gasteiger partial charge in [0.15, 0.2) is 5.65 Å². The number of hydrogen-bond donors (Lipinski definition) is 0. The third-order valence-electron chi connectivity index (χ3n) is 7.13. The molecule has 3 aromatic heterocycles. The number of nitrogens with zero attached hydrogens (tertiary/aromatic N) is 6. The lowest BCUT2D eigenvalue weighted by molar-refractivity contribution is -0.132. The van der Waals surface area contributed by atoms with Gasteiger partial charge in [-0.25, -0.2) is 4.52 Å². The first-order chi connectivity index (χ1) is 17.6. The molecule has 1 amide bonds. The molecule has 1 aliphatic rings. The molecule has 6 rings (SSSR count). The number of piperidine rings is 1. The summed E-state index contributed by atoms with van der Waals surface area (Å²) >= 11 is 6.02. The van der Waals surface area contributed by atoms with Crippen LogP contribution in [0.4, 0.5) is 0 Å². The van der Waals surface area contributed by atoms with Crippen molar-refractivity contribution in [2.75, 3.05) is 13.1 Å². The summed E-state index contributed by atoms with van der Waals surface area (Å²) in [4.78, 5) is 14.9. The Balaban J connectivity index is 1.10. The van der Waals surface area contributed by atoms with Crippen molar-refractivity contribution in [3.63, 3.8) is 0 Å². The largest absolute Gasteiger partial charge is 0.343 e. The van der Waals surface area contributed by atoms with Crippen LogP contribution in [-0.2, 0) is 17.6 Å². The molecule has 1 fully saturated rings. The molecule has 0 bridgehead atoms. The van der Waals surface area contributed by atoms with Crippen LogP contribution in [0.25, 0.3) is 22.4 Å². The number of aromatic nitrogens is 5. The molecular formula is C28H27ClN6O. The fraction of sp³-hybridized carbons (Fsp3) is 0.286. The van der Waals surface area contributed by atoms with Crippen molar-refractivity contribution < 1.29 is 4.79 Å². The molecule has 1 saturated heterocycles. The monoisotopic (exact) mass is 498 g/mol. The van der Waals surface area contributed by atoms with E-state index in [-0.39, 0.29) is 5.91 Å². The molecule has 0 spiro atoms. The molecule has 36 heavy (non-hydrogen) atoms. The Kier molecular flexibility index (Phi) is 6.15. The van der Waals surface area contributed by atoms with Crippen LogP contribution >= 0.6 is 11.6 Å². The Morgan fingerprint density at radius 2 is 1.75 bits per heavy atom. The van der Waals surface area contributed by atoms with Crippen molar-refractivity contribution in [1.29, 1.82) is 0 Å². The van der Waals surface area contributed by atoms with Crippen molar-refractivity contribution in [2.24, 2.45) is 5.92 Å². The smallest absolute Gasteiger partial charge is 0.223 e. The highest BCUT2D eigenvalue weighted by molar-refractivity contribution is 6.30. The Bertz CT molecular complexity index is 1500. The average molecular weight is 499 g/mol. The number of fused-ring (bicyclic) bond motifs is 3. The number of carbonyl (C=O) groups excluding carboxylic acids is 1. The second-order valence-corrected chi connectivity index (χ2v) is 9.92. The number of carbonyl (C=O) groups is 1. The van der Waals surface area contributed by atoms with E-state index >= 15 is 0 Å². The Morgan fingerprint density at radius 3 is 2.53 bits per heavy atom. The topological polar surface area (TPSA) is 67.8 Å². The molecule has 8 heteroatoms. The van der Waals surface area contributed by atoms with Crippen LogP contribution in [0.15, 0.2) is 73.1 Å². The van der Waals surface area contributed by atoms with Crippen molar-refractivity contribution in [1.82, 2.24) is 29.1 Å². The lowest BCUT2D eigenvalue weighted by Gasteiger charge is -2.32. The summed E-state index contributed by atoms with van der Waals surface area (Å²) in [7, 11) is 0. The average Bonchev–Trinajstić information content (AvgIpc) is 3.53. The number of hydrogen-bond acceptors (Lipinski definition) is 4. The minimum atomic E-state index is 0.195. The van der Waals surface area contributed by atoms with E-state index in [0.717, 1.165) is 60.6 Å². The number of halogens is 1. The second kappa shape index (κ2) is 9.74. The van der Waals surface area contributed by atoms with Crippen LogP contribution in [0.5, 0.6) is 0 Å². The van der Waals surface area contributed by atoms with Crippen LogP contribution in [0.1, 0.15) is 30.7 Å². The zero-order valence-electron chi connectivity index (χ0n) is 19.9. The highest BCUT2D eigenvalue weighted by Crippen LogP contribution is 2.25. The van der Waals surface area contributed by atoms with Gasteiger partial charge in [-0.05, 0) is 48.9 Å². The van der Waals surface area contributed by atoms with Gasteiger partial charge in [-0.2, -0.15) is 5.10 Å². The first-order valence-corrected chi connectivity index (χ1v) is 12.8. The third-order valence-corrected chi connectivity index (χ3v) is 7.38. The van der Waals surface area contributed by atoms with Crippen molar-refractivity contribution in [3.05, 3.63) is 89.5 Å². The minimum Gasteiger partial charge on any atom is -0.343 e. The van der Waals surface area contributed by atoms with Crippen LogP contribution < -0.4 is 0 Å². The van der Waals surface area contributed by atoms with Crippen LogP contribution in [0.3, 0.4) is 0 Å². The molecule has 1 aliphatic heterocycles. The second-order valence-electron chi connectivity index (χ2n) is 9.49. The van der Waals surface area contributed by atoms with Gasteiger partial charge in [-0.1, -0.05) is 54.1 Å². The molecule has 7 nitrogen and oxygen atoms in total. The van der Waals surface area contributed by atoms with Gasteiger partial charge in [-0.3, -0.25) is 9.20 Å². The quantitative estimate of drug-likeness (QED) is 0.326. The van der Waals surface area contributed by atoms with E-state index in [2.05, 4.69) is 45.6 Å². The van der Waals surface area contributed by atoms with Gasteiger partial charge in [-0.15, -0.1) is 10.2 Å². The van der Waals surface area contributed by atoms with Gasteiger partial charge in [0, 0.05) is 48.9 Å². The minimum absolute atomic E-state index is 0.195. The van der Waals surface area contributed by atoms with E-state index in [1.165, 1.54) is 5.56 Å². The summed E-state index contributed by atoms with van der Waals surface area (Å²) in [6.07, 6.45) is 8.01. The molecule has 2 aromatic carbocycles. The summed E-state index contributed by atoms with van der Waals surface area (Å²) in [6, 6.07) is 20.2. The molecule has 0 atom stereocenters. The lowest BCUT2D eigenvalue weighted by Crippen LogP contribution is -2.39. The number of likely N-dealkylation sites (tertiary alicyclic amines) is 1. The normalized spacial score (nSPS) is 14.6. The van der Waals surface area contributed by atoms with Gasteiger partial charge in [0.1, 0.15) is 11.3 Å². The summed E-state index contributed by atoms with van der Waals surface area (Å²) < 4.78 is 3.77. The predicted molar refractivity (Wildman–Crippen MR) is 140 cm³/mol. The van der Waals surface area contributed by atoms with Crippen LogP contribution in [-0.4, -0.2) is 48.1 Å². The van der Waals surface area contributed by atoms with Gasteiger partial charge in [0.05, 0.1) is 5.69 Å². The third kappa shape index (κ3) is 4.58. The van der Waals surface area contributed by atoms with E-state index in [1.54, 1.807) is 0 Å². The zero-order chi connectivity index (χ0) is 24.5. The van der Waals surface area contributed by atoms with Crippen molar-refractivity contribution in [2.45, 2.75) is 32.1 Å². The summed E-state index contributed by atoms with van der Waals surface area (Å²) in [5.74, 6) is 1.63. The van der Waals surface area contributed by atoms with Crippen LogP contribution in [0, 0.1) is 5.92 Å². The highest BCUT2D eigenvalue weighted by atomic mass is 35.5. The summed E-state index contributed by atoms with van der Waals surface area (Å²) in [5.41, 5.74) is 4.81. The molecule has 0 radical (unpaired) electrons. The molecule has 0 aliphatic carbocycles. The molecule has 0 unspecified atom stereocenters. The first-order valence-electron chi connectivity index (χ1n) is 12.4. The fourth-order valence-electron chi connectivity index (χ4n) is 5.10. The van der Waals surface area contributed by atoms with E-state index < -0.39 is 0 Å². The molecular weight excluding hydrogens is 472 g/mol. The fourth-order valence-corrected chi connectivity index (χ4v) is 5.23. The number of aryl methyl sites for hydroxylation is 1. The van der Waals surface area contributed by atoms with Gasteiger partial charge >= 0.3 is 0 Å². The maximum Gasteiger partial charge on any atom is 0.223 e. The Hall–Kier alpha value is -3.71. The molecule has 182 valence electrons. The first kappa shape index (κ1) is 22.7. The van der Waals surface area contributed by atoms with Gasteiger partial charge in [0.25, 0.3) is 0 Å². The maximum absolute atomic E-state index is 12.9. The van der Waals surface area contributed by atoms with Crippen molar-refractivity contribution >= 4 is 28.7 Å². The molecule has 5 aromatic rings. The SMILES string of the molecule is O=C(CCc1nnc2c3cc(-c4ccc(Cl)cc4)nn3ccn12)N1CCC(Cc2ccccc2)CC1. The van der Waals surface area contributed by atoms with E-state index in [9.17, 15) is 4.79 Å². The summed E-state index contributed by atoms with van der Waals surface area (Å²) in [5, 5.41) is 14.2. The number of amides is 1. The van der Waals surface area contributed by atoms with E-state index in [1.807, 2.05) is 56.5 Å². The Labute approximate surface area is 214 Å². The maximum atomic E-state index is 12.9. The van der Waals surface area contributed by atoms with Gasteiger partial charge < -0.3 is 4.90 Å². The predicted octanol–water partition coefficient (Wildman–Crippen LogP) is 5.11.